The van der Waals surface area contributed by atoms with Gasteiger partial charge in [-0.2, -0.15) is 0 Å². The van der Waals surface area contributed by atoms with Gasteiger partial charge in [-0.3, -0.25) is 9.69 Å². The van der Waals surface area contributed by atoms with Crippen LogP contribution in [0.3, 0.4) is 0 Å². The minimum absolute atomic E-state index is 0.0323. The number of methoxy groups -OCH3 is 1. The highest BCUT2D eigenvalue weighted by molar-refractivity contribution is 5.79. The van der Waals surface area contributed by atoms with Crippen LogP contribution in [-0.4, -0.2) is 61.9 Å². The molecule has 1 aromatic carbocycles. The number of hydrogen-bond donors (Lipinski definition) is 2. The van der Waals surface area contributed by atoms with Crippen LogP contribution in [0.15, 0.2) is 30.5 Å². The molecular formula is C18H25N3O3. The summed E-state index contributed by atoms with van der Waals surface area (Å²) < 4.78 is 11.4. The average Bonchev–Trinajstić information content (AvgIpc) is 2.96. The lowest BCUT2D eigenvalue weighted by molar-refractivity contribution is -0.132. The summed E-state index contributed by atoms with van der Waals surface area (Å²) in [6, 6.07) is 8.52. The SMILES string of the molecule is CNC(=O)C[C@]1(OC)COCCN(Cc2ccc3cc[nH]c3c2)C1. The molecule has 0 unspecified atom stereocenters. The molecule has 1 fully saturated rings. The molecule has 1 atom stereocenters. The quantitative estimate of drug-likeness (QED) is 0.872. The molecule has 1 aliphatic heterocycles. The summed E-state index contributed by atoms with van der Waals surface area (Å²) >= 11 is 0. The fourth-order valence-corrected chi connectivity index (χ4v) is 3.25. The summed E-state index contributed by atoms with van der Waals surface area (Å²) in [4.78, 5) is 17.4. The maximum absolute atomic E-state index is 11.9. The van der Waals surface area contributed by atoms with Crippen molar-refractivity contribution in [3.8, 4) is 0 Å². The number of benzene rings is 1. The van der Waals surface area contributed by atoms with Crippen LogP contribution in [0.4, 0.5) is 0 Å². The van der Waals surface area contributed by atoms with E-state index in [0.717, 1.165) is 18.6 Å². The monoisotopic (exact) mass is 331 g/mol. The van der Waals surface area contributed by atoms with E-state index in [2.05, 4.69) is 39.5 Å². The molecule has 6 heteroatoms. The van der Waals surface area contributed by atoms with Crippen molar-refractivity contribution < 1.29 is 14.3 Å². The minimum atomic E-state index is -0.604. The molecule has 2 heterocycles. The van der Waals surface area contributed by atoms with Crippen molar-refractivity contribution in [2.75, 3.05) is 40.5 Å². The van der Waals surface area contributed by atoms with Crippen molar-refractivity contribution in [1.82, 2.24) is 15.2 Å². The second-order valence-electron chi connectivity index (χ2n) is 6.40. The number of nitrogens with zero attached hydrogens (tertiary/aromatic N) is 1. The van der Waals surface area contributed by atoms with Crippen molar-refractivity contribution in [2.45, 2.75) is 18.6 Å². The Bertz CT molecular complexity index is 700. The lowest BCUT2D eigenvalue weighted by Gasteiger charge is -2.33. The average molecular weight is 331 g/mol. The van der Waals surface area contributed by atoms with Crippen LogP contribution < -0.4 is 5.32 Å². The number of amides is 1. The van der Waals surface area contributed by atoms with Gasteiger partial charge in [0.1, 0.15) is 5.60 Å². The van der Waals surface area contributed by atoms with Gasteiger partial charge in [0, 0.05) is 45.5 Å². The van der Waals surface area contributed by atoms with Crippen LogP contribution in [-0.2, 0) is 20.8 Å². The van der Waals surface area contributed by atoms with Gasteiger partial charge in [0.25, 0.3) is 0 Å². The largest absolute Gasteiger partial charge is 0.377 e. The second-order valence-corrected chi connectivity index (χ2v) is 6.40. The first kappa shape index (κ1) is 17.0. The summed E-state index contributed by atoms with van der Waals surface area (Å²) in [7, 11) is 3.30. The molecule has 6 nitrogen and oxygen atoms in total. The molecule has 1 saturated heterocycles. The van der Waals surface area contributed by atoms with Gasteiger partial charge in [-0.15, -0.1) is 0 Å². The minimum Gasteiger partial charge on any atom is -0.377 e. The Morgan fingerprint density at radius 3 is 3.12 bits per heavy atom. The number of nitrogens with one attached hydrogen (secondary N) is 2. The molecule has 0 bridgehead atoms. The van der Waals surface area contributed by atoms with E-state index in [9.17, 15) is 4.79 Å². The van der Waals surface area contributed by atoms with Crippen molar-refractivity contribution >= 4 is 16.8 Å². The summed E-state index contributed by atoms with van der Waals surface area (Å²) in [6.07, 6.45) is 2.25. The number of carbonyl (C=O) groups is 1. The fraction of sp³-hybridized carbons (Fsp3) is 0.500. The molecule has 0 radical (unpaired) electrons. The Hall–Kier alpha value is -1.89. The number of aromatic nitrogens is 1. The zero-order valence-electron chi connectivity index (χ0n) is 14.3. The Morgan fingerprint density at radius 1 is 1.46 bits per heavy atom. The van der Waals surface area contributed by atoms with E-state index in [1.807, 2.05) is 6.20 Å². The predicted molar refractivity (Wildman–Crippen MR) is 92.8 cm³/mol. The van der Waals surface area contributed by atoms with Gasteiger partial charge in [0.05, 0.1) is 19.6 Å². The zero-order chi connectivity index (χ0) is 17.0. The van der Waals surface area contributed by atoms with E-state index >= 15 is 0 Å². The molecule has 1 aliphatic rings. The first-order valence-corrected chi connectivity index (χ1v) is 8.26. The van der Waals surface area contributed by atoms with Crippen LogP contribution in [0.5, 0.6) is 0 Å². The molecule has 2 N–H and O–H groups in total. The summed E-state index contributed by atoms with van der Waals surface area (Å²) in [6.45, 7) is 3.37. The van der Waals surface area contributed by atoms with Crippen LogP contribution >= 0.6 is 0 Å². The van der Waals surface area contributed by atoms with E-state index in [1.165, 1.54) is 10.9 Å². The highest BCUT2D eigenvalue weighted by Gasteiger charge is 2.37. The van der Waals surface area contributed by atoms with Gasteiger partial charge in [-0.1, -0.05) is 12.1 Å². The van der Waals surface area contributed by atoms with Gasteiger partial charge in [-0.05, 0) is 23.1 Å². The molecule has 1 aromatic heterocycles. The summed E-state index contributed by atoms with van der Waals surface area (Å²) in [5.74, 6) is -0.0323. The molecule has 130 valence electrons. The van der Waals surface area contributed by atoms with E-state index in [-0.39, 0.29) is 5.91 Å². The van der Waals surface area contributed by atoms with Gasteiger partial charge < -0.3 is 19.8 Å². The lowest BCUT2D eigenvalue weighted by Crippen LogP contribution is -2.48. The summed E-state index contributed by atoms with van der Waals surface area (Å²) in [5, 5.41) is 3.89. The van der Waals surface area contributed by atoms with Gasteiger partial charge in [-0.25, -0.2) is 0 Å². The van der Waals surface area contributed by atoms with Gasteiger partial charge >= 0.3 is 0 Å². The lowest BCUT2D eigenvalue weighted by atomic mass is 9.99. The van der Waals surface area contributed by atoms with E-state index in [0.29, 0.717) is 26.2 Å². The Labute approximate surface area is 142 Å². The number of hydrogen-bond acceptors (Lipinski definition) is 4. The molecule has 1 amide bonds. The van der Waals surface area contributed by atoms with Crippen LogP contribution in [0.2, 0.25) is 0 Å². The number of fused-ring (bicyclic) bond motifs is 1. The first-order chi connectivity index (χ1) is 11.6. The van der Waals surface area contributed by atoms with Crippen LogP contribution in [0.1, 0.15) is 12.0 Å². The maximum Gasteiger partial charge on any atom is 0.222 e. The normalized spacial score (nSPS) is 22.4. The number of H-pyrrole nitrogens is 1. The molecule has 0 spiro atoms. The Balaban J connectivity index is 1.74. The van der Waals surface area contributed by atoms with Crippen molar-refractivity contribution in [2.24, 2.45) is 0 Å². The molecular weight excluding hydrogens is 306 g/mol. The predicted octanol–water partition coefficient (Wildman–Crippen LogP) is 1.52. The number of carbonyl (C=O) groups excluding carboxylic acids is 1. The highest BCUT2D eigenvalue weighted by atomic mass is 16.5. The Kier molecular flexibility index (Phi) is 5.18. The number of ether oxygens (including phenoxy) is 2. The maximum atomic E-state index is 11.9. The number of aromatic amines is 1. The molecule has 0 aliphatic carbocycles. The third-order valence-corrected chi connectivity index (χ3v) is 4.65. The molecule has 24 heavy (non-hydrogen) atoms. The van der Waals surface area contributed by atoms with Crippen molar-refractivity contribution in [3.05, 3.63) is 36.0 Å². The van der Waals surface area contributed by atoms with Gasteiger partial charge in [0.2, 0.25) is 5.91 Å². The molecule has 2 aromatic rings. The summed E-state index contributed by atoms with van der Waals surface area (Å²) in [5.41, 5.74) is 1.77. The zero-order valence-corrected chi connectivity index (χ0v) is 14.3. The fourth-order valence-electron chi connectivity index (χ4n) is 3.25. The van der Waals surface area contributed by atoms with Gasteiger partial charge in [0.15, 0.2) is 0 Å². The van der Waals surface area contributed by atoms with Crippen molar-refractivity contribution in [3.63, 3.8) is 0 Å². The van der Waals surface area contributed by atoms with E-state index in [1.54, 1.807) is 14.2 Å². The molecule has 0 saturated carbocycles. The highest BCUT2D eigenvalue weighted by Crippen LogP contribution is 2.23. The van der Waals surface area contributed by atoms with E-state index < -0.39 is 5.60 Å². The number of rotatable bonds is 5. The topological polar surface area (TPSA) is 66.6 Å². The third-order valence-electron chi connectivity index (χ3n) is 4.65. The van der Waals surface area contributed by atoms with Crippen LogP contribution in [0, 0.1) is 0 Å². The second kappa shape index (κ2) is 7.34. The molecule has 3 rings (SSSR count). The smallest absolute Gasteiger partial charge is 0.222 e. The first-order valence-electron chi connectivity index (χ1n) is 8.26. The third kappa shape index (κ3) is 3.77. The standard InChI is InChI=1S/C18H25N3O3/c1-19-17(22)10-18(23-2)12-21(7-8-24-13-18)11-14-3-4-15-5-6-20-16(15)9-14/h3-6,9,20H,7-8,10-13H2,1-2H3,(H,19,22)/t18-/m1/s1. The van der Waals surface area contributed by atoms with E-state index in [4.69, 9.17) is 9.47 Å². The van der Waals surface area contributed by atoms with Crippen LogP contribution in [0.25, 0.3) is 10.9 Å². The Morgan fingerprint density at radius 2 is 2.33 bits per heavy atom. The van der Waals surface area contributed by atoms with Crippen molar-refractivity contribution in [1.29, 1.82) is 0 Å².